The van der Waals surface area contributed by atoms with Gasteiger partial charge in [0.15, 0.2) is 0 Å². The third kappa shape index (κ3) is 4.12. The number of carbonyl (C=O) groups is 3. The molecule has 132 valence electrons. The Bertz CT molecular complexity index is 706. The van der Waals surface area contributed by atoms with Crippen molar-refractivity contribution in [1.82, 2.24) is 9.80 Å². The summed E-state index contributed by atoms with van der Waals surface area (Å²) in [6.45, 7) is 3.36. The number of imide groups is 1. The third-order valence-electron chi connectivity index (χ3n) is 4.56. The van der Waals surface area contributed by atoms with Gasteiger partial charge >= 0.3 is 0 Å². The first-order chi connectivity index (χ1) is 12.1. The summed E-state index contributed by atoms with van der Waals surface area (Å²) in [5.74, 6) is -0.518. The third-order valence-corrected chi connectivity index (χ3v) is 5.47. The van der Waals surface area contributed by atoms with Crippen molar-refractivity contribution in [3.8, 4) is 0 Å². The lowest BCUT2D eigenvalue weighted by Gasteiger charge is -2.27. The number of piperidine rings is 1. The largest absolute Gasteiger partial charge is 0.341 e. The average Bonchev–Trinajstić information content (AvgIpc) is 2.90. The van der Waals surface area contributed by atoms with E-state index in [1.165, 1.54) is 5.56 Å². The Hall–Kier alpha value is -2.08. The predicted molar refractivity (Wildman–Crippen MR) is 98.9 cm³/mol. The van der Waals surface area contributed by atoms with E-state index in [4.69, 9.17) is 0 Å². The van der Waals surface area contributed by atoms with Crippen LogP contribution >= 0.6 is 11.8 Å². The van der Waals surface area contributed by atoms with Gasteiger partial charge in [-0.1, -0.05) is 31.2 Å². The first-order valence-electron chi connectivity index (χ1n) is 8.70. The zero-order valence-corrected chi connectivity index (χ0v) is 15.2. The maximum Gasteiger partial charge on any atom is 0.294 e. The highest BCUT2D eigenvalue weighted by Gasteiger charge is 2.37. The van der Waals surface area contributed by atoms with Gasteiger partial charge in [-0.15, -0.1) is 0 Å². The number of rotatable bonds is 4. The van der Waals surface area contributed by atoms with Crippen LogP contribution in [-0.2, 0) is 16.0 Å². The predicted octanol–water partition coefficient (Wildman–Crippen LogP) is 3.30. The molecule has 0 atom stereocenters. The minimum Gasteiger partial charge on any atom is -0.341 e. The average molecular weight is 358 g/mol. The van der Waals surface area contributed by atoms with Crippen LogP contribution in [0.25, 0.3) is 6.08 Å². The van der Waals surface area contributed by atoms with Crippen molar-refractivity contribution < 1.29 is 14.4 Å². The van der Waals surface area contributed by atoms with Crippen LogP contribution in [0.4, 0.5) is 4.79 Å². The molecule has 1 aromatic rings. The van der Waals surface area contributed by atoms with Gasteiger partial charge in [0.05, 0.1) is 4.91 Å². The van der Waals surface area contributed by atoms with E-state index in [1.54, 1.807) is 11.0 Å². The van der Waals surface area contributed by atoms with Crippen molar-refractivity contribution in [2.75, 3.05) is 19.6 Å². The minimum atomic E-state index is -0.375. The normalized spacial score (nSPS) is 19.8. The Balaban J connectivity index is 1.68. The van der Waals surface area contributed by atoms with Gasteiger partial charge in [-0.05, 0) is 54.6 Å². The molecule has 2 heterocycles. The van der Waals surface area contributed by atoms with Crippen molar-refractivity contribution in [3.63, 3.8) is 0 Å². The second-order valence-electron chi connectivity index (χ2n) is 6.30. The molecule has 2 aliphatic rings. The van der Waals surface area contributed by atoms with Gasteiger partial charge in [-0.25, -0.2) is 0 Å². The second kappa shape index (κ2) is 7.87. The number of likely N-dealkylation sites (tertiary alicyclic amines) is 1. The fourth-order valence-electron chi connectivity index (χ4n) is 3.02. The number of benzene rings is 1. The lowest BCUT2D eigenvalue weighted by atomic mass is 10.1. The first kappa shape index (κ1) is 17.7. The summed E-state index contributed by atoms with van der Waals surface area (Å²) in [4.78, 5) is 40.2. The number of hydrogen-bond donors (Lipinski definition) is 0. The summed E-state index contributed by atoms with van der Waals surface area (Å²) in [6.07, 6.45) is 5.78. The van der Waals surface area contributed by atoms with Crippen molar-refractivity contribution in [2.45, 2.75) is 32.6 Å². The zero-order chi connectivity index (χ0) is 17.8. The Kier molecular flexibility index (Phi) is 5.58. The Labute approximate surface area is 152 Å². The Morgan fingerprint density at radius 1 is 1.12 bits per heavy atom. The quantitative estimate of drug-likeness (QED) is 0.775. The molecule has 0 unspecified atom stereocenters. The molecule has 25 heavy (non-hydrogen) atoms. The van der Waals surface area contributed by atoms with Gasteiger partial charge in [0, 0.05) is 13.1 Å². The number of hydrogen-bond acceptors (Lipinski definition) is 4. The van der Waals surface area contributed by atoms with E-state index < -0.39 is 0 Å². The van der Waals surface area contributed by atoms with Crippen LogP contribution in [-0.4, -0.2) is 46.5 Å². The summed E-state index contributed by atoms with van der Waals surface area (Å²) in [6, 6.07) is 7.89. The van der Waals surface area contributed by atoms with E-state index in [1.807, 2.05) is 24.3 Å². The van der Waals surface area contributed by atoms with Crippen molar-refractivity contribution in [1.29, 1.82) is 0 Å². The van der Waals surface area contributed by atoms with Crippen LogP contribution in [0.3, 0.4) is 0 Å². The number of aryl methyl sites for hydroxylation is 1. The molecule has 3 rings (SSSR count). The molecule has 2 saturated heterocycles. The highest BCUT2D eigenvalue weighted by Crippen LogP contribution is 2.32. The first-order valence-corrected chi connectivity index (χ1v) is 9.52. The summed E-state index contributed by atoms with van der Waals surface area (Å²) in [5, 5.41) is -0.369. The molecule has 0 aliphatic carbocycles. The molecule has 0 radical (unpaired) electrons. The summed E-state index contributed by atoms with van der Waals surface area (Å²) in [5.41, 5.74) is 2.10. The van der Waals surface area contributed by atoms with Gasteiger partial charge in [-0.3, -0.25) is 19.3 Å². The van der Waals surface area contributed by atoms with Crippen molar-refractivity contribution in [2.24, 2.45) is 0 Å². The molecule has 0 spiro atoms. The van der Waals surface area contributed by atoms with Crippen molar-refractivity contribution >= 4 is 34.9 Å². The van der Waals surface area contributed by atoms with Gasteiger partial charge in [0.1, 0.15) is 6.54 Å². The molecule has 1 aromatic carbocycles. The van der Waals surface area contributed by atoms with Crippen LogP contribution in [0.2, 0.25) is 0 Å². The van der Waals surface area contributed by atoms with E-state index in [2.05, 4.69) is 6.92 Å². The van der Waals surface area contributed by atoms with E-state index in [9.17, 15) is 14.4 Å². The van der Waals surface area contributed by atoms with Crippen LogP contribution in [0.15, 0.2) is 29.2 Å². The highest BCUT2D eigenvalue weighted by molar-refractivity contribution is 8.18. The molecule has 0 saturated carbocycles. The zero-order valence-electron chi connectivity index (χ0n) is 14.4. The van der Waals surface area contributed by atoms with Gasteiger partial charge in [0.25, 0.3) is 11.1 Å². The molecule has 0 aromatic heterocycles. The van der Waals surface area contributed by atoms with Crippen LogP contribution in [0.5, 0.6) is 0 Å². The fourth-order valence-corrected chi connectivity index (χ4v) is 3.85. The minimum absolute atomic E-state index is 0.143. The van der Waals surface area contributed by atoms with E-state index in [-0.39, 0.29) is 23.6 Å². The monoisotopic (exact) mass is 358 g/mol. The molecular weight excluding hydrogens is 336 g/mol. The summed E-state index contributed by atoms with van der Waals surface area (Å²) >= 11 is 0.903. The fraction of sp³-hybridized carbons (Fsp3) is 0.421. The Morgan fingerprint density at radius 2 is 1.80 bits per heavy atom. The van der Waals surface area contributed by atoms with E-state index >= 15 is 0 Å². The molecule has 6 heteroatoms. The number of amides is 3. The number of thioether (sulfide) groups is 1. The summed E-state index contributed by atoms with van der Waals surface area (Å²) in [7, 11) is 0. The summed E-state index contributed by atoms with van der Waals surface area (Å²) < 4.78 is 0. The molecule has 0 N–H and O–H groups in total. The van der Waals surface area contributed by atoms with E-state index in [0.717, 1.165) is 47.9 Å². The molecule has 3 amide bonds. The standard InChI is InChI=1S/C19H22N2O3S/c1-2-14-6-8-15(9-7-14)12-16-18(23)21(19(24)25-16)13-17(22)20-10-4-3-5-11-20/h6-9,12H,2-5,10-11,13H2,1H3/b16-12-. The number of carbonyl (C=O) groups excluding carboxylic acids is 3. The lowest BCUT2D eigenvalue weighted by molar-refractivity contribution is -0.136. The molecule has 5 nitrogen and oxygen atoms in total. The van der Waals surface area contributed by atoms with Gasteiger partial charge in [-0.2, -0.15) is 0 Å². The lowest BCUT2D eigenvalue weighted by Crippen LogP contribution is -2.44. The Morgan fingerprint density at radius 3 is 2.44 bits per heavy atom. The second-order valence-corrected chi connectivity index (χ2v) is 7.30. The number of nitrogens with zero attached hydrogens (tertiary/aromatic N) is 2. The SMILES string of the molecule is CCc1ccc(/C=C2\SC(=O)N(CC(=O)N3CCCCC3)C2=O)cc1. The van der Waals surface area contributed by atoms with Crippen LogP contribution < -0.4 is 0 Å². The molecular formula is C19H22N2O3S. The molecule has 2 aliphatic heterocycles. The van der Waals surface area contributed by atoms with Gasteiger partial charge in [0.2, 0.25) is 5.91 Å². The molecule has 2 fully saturated rings. The molecule has 0 bridgehead atoms. The van der Waals surface area contributed by atoms with Crippen LogP contribution in [0.1, 0.15) is 37.3 Å². The van der Waals surface area contributed by atoms with Crippen LogP contribution in [0, 0.1) is 0 Å². The highest BCUT2D eigenvalue weighted by atomic mass is 32.2. The smallest absolute Gasteiger partial charge is 0.294 e. The van der Waals surface area contributed by atoms with Gasteiger partial charge < -0.3 is 4.90 Å². The topological polar surface area (TPSA) is 57.7 Å². The maximum absolute atomic E-state index is 12.5. The van der Waals surface area contributed by atoms with Crippen molar-refractivity contribution in [3.05, 3.63) is 40.3 Å². The maximum atomic E-state index is 12.5. The van der Waals surface area contributed by atoms with E-state index in [0.29, 0.717) is 18.0 Å².